The van der Waals surface area contributed by atoms with Crippen LogP contribution in [0.4, 0.5) is 0 Å². The molecule has 280 valence electrons. The fraction of sp³-hybridized carbons (Fsp3) is 0.538. The van der Waals surface area contributed by atoms with Gasteiger partial charge >= 0.3 is 11.9 Å². The molecule has 51 heavy (non-hydrogen) atoms. The summed E-state index contributed by atoms with van der Waals surface area (Å²) in [6, 6.07) is 16.2. The number of allylic oxidation sites excluding steroid dienone is 2. The van der Waals surface area contributed by atoms with Crippen molar-refractivity contribution in [1.82, 2.24) is 0 Å². The third kappa shape index (κ3) is 16.2. The van der Waals surface area contributed by atoms with Crippen LogP contribution >= 0.6 is 70.6 Å². The van der Waals surface area contributed by atoms with Gasteiger partial charge in [0.1, 0.15) is 36.9 Å². The Morgan fingerprint density at radius 1 is 0.667 bits per heavy atom. The van der Waals surface area contributed by atoms with Crippen LogP contribution in [0.3, 0.4) is 0 Å². The van der Waals surface area contributed by atoms with Gasteiger partial charge in [-0.25, -0.2) is 9.59 Å². The molecule has 6 nitrogen and oxygen atoms in total. The van der Waals surface area contributed by atoms with Gasteiger partial charge in [-0.05, 0) is 93.9 Å². The Balaban J connectivity index is 1.22. The van der Waals surface area contributed by atoms with Crippen LogP contribution in [-0.2, 0) is 25.5 Å². The van der Waals surface area contributed by atoms with Gasteiger partial charge in [-0.1, -0.05) is 36.4 Å². The molecule has 2 unspecified atom stereocenters. The van der Waals surface area contributed by atoms with E-state index in [1.54, 1.807) is 26.0 Å². The molecule has 0 amide bonds. The average molecular weight is 809 g/mol. The summed E-state index contributed by atoms with van der Waals surface area (Å²) in [5.74, 6) is 9.43. The molecule has 2 fully saturated rings. The number of rotatable bonds is 22. The van der Waals surface area contributed by atoms with Crippen molar-refractivity contribution in [3.05, 3.63) is 83.0 Å². The minimum atomic E-state index is -0.319. The summed E-state index contributed by atoms with van der Waals surface area (Å²) in [5, 5.41) is 0. The zero-order valence-electron chi connectivity index (χ0n) is 30.2. The van der Waals surface area contributed by atoms with E-state index < -0.39 is 0 Å². The van der Waals surface area contributed by atoms with Crippen LogP contribution in [-0.4, -0.2) is 92.5 Å². The number of carbonyl (C=O) groups excluding carboxylic acids is 2. The molecule has 0 aromatic heterocycles. The summed E-state index contributed by atoms with van der Waals surface area (Å²) in [6.07, 6.45) is 6.02. The summed E-state index contributed by atoms with van der Waals surface area (Å²) >= 11 is 11.9. The van der Waals surface area contributed by atoms with Crippen LogP contribution in [0, 0.1) is 0 Å². The van der Waals surface area contributed by atoms with Crippen LogP contribution in [0.25, 0.3) is 0 Å². The molecule has 12 heteroatoms. The predicted molar refractivity (Wildman–Crippen MR) is 227 cm³/mol. The first-order chi connectivity index (χ1) is 24.8. The number of ether oxygens (including phenoxy) is 4. The van der Waals surface area contributed by atoms with E-state index in [-0.39, 0.29) is 24.1 Å². The van der Waals surface area contributed by atoms with Crippen LogP contribution in [0.2, 0.25) is 0 Å². The Bertz CT molecular complexity index is 1280. The van der Waals surface area contributed by atoms with Gasteiger partial charge in [0.05, 0.1) is 9.16 Å². The molecule has 0 bridgehead atoms. The van der Waals surface area contributed by atoms with Crippen molar-refractivity contribution in [2.24, 2.45) is 0 Å². The summed E-state index contributed by atoms with van der Waals surface area (Å²) in [7, 11) is 0. The number of carbonyl (C=O) groups is 2. The van der Waals surface area contributed by atoms with Crippen LogP contribution in [0.15, 0.2) is 71.8 Å². The SMILES string of the molecule is CC=C(C)C(=O)OC(COc1ccc(Cc2ccc(OCC(CSCCC3SCCS3)OC(=O)C(C)=CC)cc2)cc1)CSCCC1SCCS1. The van der Waals surface area contributed by atoms with Crippen LogP contribution in [0.5, 0.6) is 11.5 Å². The van der Waals surface area contributed by atoms with Crippen LogP contribution in [0.1, 0.15) is 51.7 Å². The van der Waals surface area contributed by atoms with Gasteiger partial charge in [-0.3, -0.25) is 0 Å². The second kappa shape index (κ2) is 24.1. The molecular weight excluding hydrogens is 757 g/mol. The van der Waals surface area contributed by atoms with E-state index in [0.717, 1.165) is 29.4 Å². The molecule has 2 heterocycles. The molecule has 2 aromatic carbocycles. The number of hydrogen-bond acceptors (Lipinski definition) is 12. The summed E-state index contributed by atoms with van der Waals surface area (Å²) in [6.45, 7) is 7.88. The maximum Gasteiger partial charge on any atom is 0.333 e. The predicted octanol–water partition coefficient (Wildman–Crippen LogP) is 9.65. The molecule has 0 saturated carbocycles. The van der Waals surface area contributed by atoms with Gasteiger partial charge in [0.15, 0.2) is 0 Å². The monoisotopic (exact) mass is 808 g/mol. The topological polar surface area (TPSA) is 71.1 Å². The quantitative estimate of drug-likeness (QED) is 0.0647. The number of hydrogen-bond donors (Lipinski definition) is 0. The van der Waals surface area contributed by atoms with Gasteiger partial charge in [-0.15, -0.1) is 47.0 Å². The lowest BCUT2D eigenvalue weighted by molar-refractivity contribution is -0.145. The zero-order valence-corrected chi connectivity index (χ0v) is 35.1. The molecule has 0 spiro atoms. The third-order valence-corrected chi connectivity index (χ3v) is 16.8. The van der Waals surface area contributed by atoms with Crippen molar-refractivity contribution >= 4 is 82.5 Å². The molecule has 2 atom stereocenters. The fourth-order valence-corrected chi connectivity index (χ4v) is 13.2. The lowest BCUT2D eigenvalue weighted by Crippen LogP contribution is -2.28. The Labute approximate surface area is 330 Å². The molecule has 0 N–H and O–H groups in total. The van der Waals surface area contributed by atoms with Gasteiger partial charge in [0.25, 0.3) is 0 Å². The summed E-state index contributed by atoms with van der Waals surface area (Å²) in [4.78, 5) is 25.0. The molecule has 4 rings (SSSR count). The van der Waals surface area contributed by atoms with Crippen molar-refractivity contribution in [2.75, 3.05) is 59.2 Å². The van der Waals surface area contributed by atoms with Crippen molar-refractivity contribution in [2.45, 2.75) is 68.3 Å². The zero-order chi connectivity index (χ0) is 36.3. The lowest BCUT2D eigenvalue weighted by atomic mass is 10.0. The summed E-state index contributed by atoms with van der Waals surface area (Å²) in [5.41, 5.74) is 3.54. The van der Waals surface area contributed by atoms with E-state index in [0.29, 0.717) is 45.0 Å². The molecule has 0 aliphatic carbocycles. The average Bonchev–Trinajstić information content (AvgIpc) is 3.88. The van der Waals surface area contributed by atoms with E-state index >= 15 is 0 Å². The first-order valence-electron chi connectivity index (χ1n) is 17.6. The van der Waals surface area contributed by atoms with Crippen LogP contribution < -0.4 is 9.47 Å². The Morgan fingerprint density at radius 2 is 1.04 bits per heavy atom. The van der Waals surface area contributed by atoms with Gasteiger partial charge in [-0.2, -0.15) is 23.5 Å². The van der Waals surface area contributed by atoms with E-state index in [1.807, 2.05) is 109 Å². The lowest BCUT2D eigenvalue weighted by Gasteiger charge is -2.19. The molecule has 0 radical (unpaired) electrons. The second-order valence-electron chi connectivity index (χ2n) is 12.2. The van der Waals surface area contributed by atoms with Crippen molar-refractivity contribution in [1.29, 1.82) is 0 Å². The largest absolute Gasteiger partial charge is 0.490 e. The van der Waals surface area contributed by atoms with Crippen molar-refractivity contribution in [3.8, 4) is 11.5 Å². The smallest absolute Gasteiger partial charge is 0.333 e. The highest BCUT2D eigenvalue weighted by Crippen LogP contribution is 2.36. The maximum atomic E-state index is 12.5. The Morgan fingerprint density at radius 3 is 1.39 bits per heavy atom. The standard InChI is InChI=1S/C39H52O6S6/c1-5-28(3)38(40)44-34(26-46-17-15-36-48-19-20-49-36)24-42-32-11-7-30(8-12-32)23-31-9-13-33(14-10-31)43-25-35(45-39(41)29(4)6-2)27-47-18-16-37-50-21-22-51-37/h5-14,34-37H,15-27H2,1-4H3. The highest BCUT2D eigenvalue weighted by molar-refractivity contribution is 8.20. The van der Waals surface area contributed by atoms with E-state index in [9.17, 15) is 9.59 Å². The first-order valence-corrected chi connectivity index (χ1v) is 24.1. The number of thioether (sulfide) groups is 6. The first kappa shape index (κ1) is 42.3. The van der Waals surface area contributed by atoms with Crippen molar-refractivity contribution < 1.29 is 28.5 Å². The minimum absolute atomic E-state index is 0.287. The second-order valence-corrected chi connectivity index (χ2v) is 20.3. The molecule has 2 saturated heterocycles. The van der Waals surface area contributed by atoms with E-state index in [4.69, 9.17) is 18.9 Å². The van der Waals surface area contributed by atoms with Gasteiger partial charge < -0.3 is 18.9 Å². The Kier molecular flexibility index (Phi) is 20.0. The number of benzene rings is 2. The normalized spacial score (nSPS) is 16.9. The highest BCUT2D eigenvalue weighted by atomic mass is 32.2. The van der Waals surface area contributed by atoms with Gasteiger partial charge in [0, 0.05) is 45.7 Å². The molecule has 2 aromatic rings. The minimum Gasteiger partial charge on any atom is -0.490 e. The van der Waals surface area contributed by atoms with E-state index in [2.05, 4.69) is 24.3 Å². The molecular formula is C39H52O6S6. The fourth-order valence-electron chi connectivity index (χ4n) is 4.91. The maximum absolute atomic E-state index is 12.5. The highest BCUT2D eigenvalue weighted by Gasteiger charge is 2.21. The number of esters is 2. The third-order valence-electron chi connectivity index (χ3n) is 8.17. The molecule has 2 aliphatic rings. The molecule has 2 aliphatic heterocycles. The summed E-state index contributed by atoms with van der Waals surface area (Å²) < 4.78 is 25.2. The van der Waals surface area contributed by atoms with Crippen molar-refractivity contribution in [3.63, 3.8) is 0 Å². The Hall–Kier alpha value is -1.44. The van der Waals surface area contributed by atoms with Gasteiger partial charge in [0.2, 0.25) is 0 Å². The van der Waals surface area contributed by atoms with E-state index in [1.165, 1.54) is 47.0 Å².